The molecule has 0 saturated carbocycles. The minimum atomic E-state index is -0.326. The zero-order valence-corrected chi connectivity index (χ0v) is 14.1. The van der Waals surface area contributed by atoms with Crippen LogP contribution in [-0.2, 0) is 4.79 Å². The highest BCUT2D eigenvalue weighted by Crippen LogP contribution is 2.35. The van der Waals surface area contributed by atoms with E-state index < -0.39 is 0 Å². The Hall–Kier alpha value is -2.17. The van der Waals surface area contributed by atoms with Crippen molar-refractivity contribution in [3.63, 3.8) is 0 Å². The normalized spacial score (nSPS) is 10.6. The number of halogens is 2. The predicted octanol–water partition coefficient (Wildman–Crippen LogP) is 4.66. The number of hydrogen-bond acceptors (Lipinski definition) is 3. The van der Waals surface area contributed by atoms with Crippen LogP contribution in [0, 0.1) is 0 Å². The van der Waals surface area contributed by atoms with Crippen LogP contribution in [0.4, 0.5) is 5.69 Å². The van der Waals surface area contributed by atoms with E-state index in [9.17, 15) is 4.79 Å². The molecule has 1 N–H and O–H groups in total. The zero-order chi connectivity index (χ0) is 16.8. The molecule has 0 atom stereocenters. The van der Waals surface area contributed by atoms with Gasteiger partial charge in [0.25, 0.3) is 0 Å². The number of methoxy groups -OCH3 is 2. The first-order valence-corrected chi connectivity index (χ1v) is 7.46. The molecule has 2 aromatic carbocycles. The van der Waals surface area contributed by atoms with E-state index in [0.29, 0.717) is 27.2 Å². The molecule has 0 heterocycles. The molecular formula is C17H15Cl2NO3. The number of carbonyl (C=O) groups is 1. The van der Waals surface area contributed by atoms with Crippen LogP contribution in [0.15, 0.2) is 42.5 Å². The monoisotopic (exact) mass is 351 g/mol. The third kappa shape index (κ3) is 4.41. The first-order valence-electron chi connectivity index (χ1n) is 6.70. The third-order valence-corrected chi connectivity index (χ3v) is 3.69. The van der Waals surface area contributed by atoms with E-state index in [4.69, 9.17) is 32.7 Å². The number of nitrogens with one attached hydrogen (secondary N) is 1. The summed E-state index contributed by atoms with van der Waals surface area (Å²) in [6, 6.07) is 10.4. The Kier molecular flexibility index (Phi) is 5.90. The Morgan fingerprint density at radius 2 is 1.74 bits per heavy atom. The third-order valence-electron chi connectivity index (χ3n) is 3.05. The van der Waals surface area contributed by atoms with Crippen molar-refractivity contribution >= 4 is 40.9 Å². The van der Waals surface area contributed by atoms with Crippen LogP contribution >= 0.6 is 23.2 Å². The molecule has 120 valence electrons. The van der Waals surface area contributed by atoms with Crippen LogP contribution in [0.3, 0.4) is 0 Å². The van der Waals surface area contributed by atoms with Gasteiger partial charge < -0.3 is 14.8 Å². The summed E-state index contributed by atoms with van der Waals surface area (Å²) in [6.45, 7) is 0. The fourth-order valence-corrected chi connectivity index (χ4v) is 2.34. The van der Waals surface area contributed by atoms with Gasteiger partial charge in [-0.3, -0.25) is 4.79 Å². The number of ether oxygens (including phenoxy) is 2. The van der Waals surface area contributed by atoms with E-state index >= 15 is 0 Å². The molecule has 0 aliphatic carbocycles. The predicted molar refractivity (Wildman–Crippen MR) is 93.7 cm³/mol. The van der Waals surface area contributed by atoms with Gasteiger partial charge in [0.15, 0.2) is 0 Å². The van der Waals surface area contributed by atoms with Crippen LogP contribution in [0.5, 0.6) is 11.5 Å². The second kappa shape index (κ2) is 7.90. The quantitative estimate of drug-likeness (QED) is 0.796. The lowest BCUT2D eigenvalue weighted by Crippen LogP contribution is -2.09. The molecule has 0 spiro atoms. The van der Waals surface area contributed by atoms with Crippen molar-refractivity contribution in [1.29, 1.82) is 0 Å². The van der Waals surface area contributed by atoms with Crippen LogP contribution in [0.1, 0.15) is 5.56 Å². The standard InChI is InChI=1S/C17H15Cl2NO3/c1-22-15-10-14(16(23-2)9-13(15)19)20-17(21)8-7-11-5-3-4-6-12(11)18/h3-10H,1-2H3,(H,20,21)/b8-7+. The van der Waals surface area contributed by atoms with E-state index in [1.807, 2.05) is 18.2 Å². The second-order valence-electron chi connectivity index (χ2n) is 4.53. The summed E-state index contributed by atoms with van der Waals surface area (Å²) in [5.41, 5.74) is 1.22. The molecule has 6 heteroatoms. The fourth-order valence-electron chi connectivity index (χ4n) is 1.91. The molecule has 0 unspecified atom stereocenters. The Morgan fingerprint density at radius 1 is 1.04 bits per heavy atom. The van der Waals surface area contributed by atoms with Gasteiger partial charge in [0.2, 0.25) is 5.91 Å². The summed E-state index contributed by atoms with van der Waals surface area (Å²) in [5.74, 6) is 0.556. The molecule has 0 saturated heterocycles. The minimum Gasteiger partial charge on any atom is -0.495 e. The number of amides is 1. The van der Waals surface area contributed by atoms with Gasteiger partial charge in [-0.05, 0) is 17.7 Å². The lowest BCUT2D eigenvalue weighted by Gasteiger charge is -2.12. The largest absolute Gasteiger partial charge is 0.495 e. The van der Waals surface area contributed by atoms with Gasteiger partial charge in [-0.25, -0.2) is 0 Å². The molecule has 4 nitrogen and oxygen atoms in total. The molecule has 1 amide bonds. The lowest BCUT2D eigenvalue weighted by atomic mass is 10.2. The molecular weight excluding hydrogens is 337 g/mol. The highest BCUT2D eigenvalue weighted by molar-refractivity contribution is 6.32. The van der Waals surface area contributed by atoms with Gasteiger partial charge in [-0.15, -0.1) is 0 Å². The molecule has 0 radical (unpaired) electrons. The summed E-state index contributed by atoms with van der Waals surface area (Å²) in [7, 11) is 2.99. The molecule has 2 aromatic rings. The number of anilines is 1. The maximum absolute atomic E-state index is 12.1. The summed E-state index contributed by atoms with van der Waals surface area (Å²) in [4.78, 5) is 12.1. The highest BCUT2D eigenvalue weighted by atomic mass is 35.5. The van der Waals surface area contributed by atoms with Crippen LogP contribution in [0.2, 0.25) is 10.0 Å². The number of carbonyl (C=O) groups excluding carboxylic acids is 1. The molecule has 0 aromatic heterocycles. The maximum Gasteiger partial charge on any atom is 0.248 e. The molecule has 0 fully saturated rings. The number of hydrogen-bond donors (Lipinski definition) is 1. The number of benzene rings is 2. The maximum atomic E-state index is 12.1. The summed E-state index contributed by atoms with van der Waals surface area (Å²) < 4.78 is 10.3. The van der Waals surface area contributed by atoms with Crippen LogP contribution in [-0.4, -0.2) is 20.1 Å². The van der Waals surface area contributed by atoms with Crippen molar-refractivity contribution in [2.75, 3.05) is 19.5 Å². The van der Waals surface area contributed by atoms with Crippen molar-refractivity contribution in [2.45, 2.75) is 0 Å². The summed E-state index contributed by atoms with van der Waals surface area (Å²) >= 11 is 12.1. The SMILES string of the molecule is COc1cc(NC(=O)/C=C/c2ccccc2Cl)c(OC)cc1Cl. The average molecular weight is 352 g/mol. The Morgan fingerprint density at radius 3 is 2.39 bits per heavy atom. The molecule has 0 bridgehead atoms. The Labute approximate surface area is 144 Å². The van der Waals surface area contributed by atoms with Gasteiger partial charge in [0, 0.05) is 23.2 Å². The fraction of sp³-hybridized carbons (Fsp3) is 0.118. The van der Waals surface area contributed by atoms with Crippen LogP contribution < -0.4 is 14.8 Å². The molecule has 0 aliphatic heterocycles. The van der Waals surface area contributed by atoms with Gasteiger partial charge in [0.1, 0.15) is 11.5 Å². The van der Waals surface area contributed by atoms with Gasteiger partial charge in [0.05, 0.1) is 24.9 Å². The molecule has 23 heavy (non-hydrogen) atoms. The Balaban J connectivity index is 2.18. The van der Waals surface area contributed by atoms with Gasteiger partial charge >= 0.3 is 0 Å². The topological polar surface area (TPSA) is 47.6 Å². The minimum absolute atomic E-state index is 0.326. The molecule has 0 aliphatic rings. The average Bonchev–Trinajstić information content (AvgIpc) is 2.55. The Bertz CT molecular complexity index is 745. The van der Waals surface area contributed by atoms with Gasteiger partial charge in [-0.1, -0.05) is 41.4 Å². The van der Waals surface area contributed by atoms with E-state index in [2.05, 4.69) is 5.32 Å². The van der Waals surface area contributed by atoms with E-state index in [-0.39, 0.29) is 5.91 Å². The van der Waals surface area contributed by atoms with Crippen molar-refractivity contribution in [1.82, 2.24) is 0 Å². The second-order valence-corrected chi connectivity index (χ2v) is 5.35. The van der Waals surface area contributed by atoms with Crippen LogP contribution in [0.25, 0.3) is 6.08 Å². The summed E-state index contributed by atoms with van der Waals surface area (Å²) in [5, 5.41) is 3.69. The first-order chi connectivity index (χ1) is 11.0. The van der Waals surface area contributed by atoms with Crippen molar-refractivity contribution < 1.29 is 14.3 Å². The van der Waals surface area contributed by atoms with E-state index in [1.165, 1.54) is 20.3 Å². The van der Waals surface area contributed by atoms with Crippen molar-refractivity contribution in [2.24, 2.45) is 0 Å². The zero-order valence-electron chi connectivity index (χ0n) is 12.6. The first kappa shape index (κ1) is 17.2. The number of rotatable bonds is 5. The highest BCUT2D eigenvalue weighted by Gasteiger charge is 2.11. The van der Waals surface area contributed by atoms with Gasteiger partial charge in [-0.2, -0.15) is 0 Å². The molecule has 2 rings (SSSR count). The summed E-state index contributed by atoms with van der Waals surface area (Å²) in [6.07, 6.45) is 3.03. The van der Waals surface area contributed by atoms with Crippen molar-refractivity contribution in [3.05, 3.63) is 58.1 Å². The van der Waals surface area contributed by atoms with Crippen molar-refractivity contribution in [3.8, 4) is 11.5 Å². The smallest absolute Gasteiger partial charge is 0.248 e. The lowest BCUT2D eigenvalue weighted by molar-refractivity contribution is -0.111. The van der Waals surface area contributed by atoms with E-state index in [0.717, 1.165) is 5.56 Å². The van der Waals surface area contributed by atoms with E-state index in [1.54, 1.807) is 24.3 Å².